The number of oxazole rings is 1. The molecule has 2 aromatic heterocycles. The van der Waals surface area contributed by atoms with Crippen LogP contribution in [0.5, 0.6) is 0 Å². The number of benzene rings is 1. The van der Waals surface area contributed by atoms with Crippen molar-refractivity contribution in [3.05, 3.63) is 53.5 Å². The molecule has 3 rings (SSSR count). The Hall–Kier alpha value is -2.36. The van der Waals surface area contributed by atoms with E-state index in [1.54, 1.807) is 0 Å². The van der Waals surface area contributed by atoms with Crippen LogP contribution in [0.2, 0.25) is 0 Å². The van der Waals surface area contributed by atoms with Gasteiger partial charge < -0.3 is 10.2 Å². The van der Waals surface area contributed by atoms with Crippen LogP contribution >= 0.6 is 0 Å². The lowest BCUT2D eigenvalue weighted by Gasteiger charge is -1.98. The number of rotatable bonds is 2. The Morgan fingerprint density at radius 1 is 1.17 bits per heavy atom. The summed E-state index contributed by atoms with van der Waals surface area (Å²) in [7, 11) is 0. The predicted octanol–water partition coefficient (Wildman–Crippen LogP) is 2.70. The topological polar surface area (TPSA) is 64.9 Å². The van der Waals surface area contributed by atoms with Gasteiger partial charge in [0.2, 0.25) is 5.89 Å². The first kappa shape index (κ1) is 10.8. The minimum atomic E-state index is 0.625. The number of aryl methyl sites for hydroxylation is 1. The summed E-state index contributed by atoms with van der Waals surface area (Å²) in [5.74, 6) is 0.661. The van der Waals surface area contributed by atoms with E-state index < -0.39 is 0 Å². The largest absolute Gasteiger partial charge is 0.439 e. The van der Waals surface area contributed by atoms with E-state index in [1.807, 2.05) is 43.3 Å². The van der Waals surface area contributed by atoms with Crippen molar-refractivity contribution in [3.8, 4) is 0 Å². The molecule has 0 aliphatic rings. The SMILES string of the molecule is Cc1ccc2oc(Cc3cccc(N)c3)nc2n1. The summed E-state index contributed by atoms with van der Waals surface area (Å²) in [5, 5.41) is 0. The molecule has 2 heterocycles. The molecule has 4 nitrogen and oxygen atoms in total. The lowest BCUT2D eigenvalue weighted by atomic mass is 10.1. The molecular formula is C14H13N3O. The number of fused-ring (bicyclic) bond motifs is 1. The zero-order valence-corrected chi connectivity index (χ0v) is 10.1. The molecule has 2 N–H and O–H groups in total. The Kier molecular flexibility index (Phi) is 2.48. The van der Waals surface area contributed by atoms with Gasteiger partial charge in [-0.3, -0.25) is 0 Å². The van der Waals surface area contributed by atoms with Crippen molar-refractivity contribution in [3.63, 3.8) is 0 Å². The van der Waals surface area contributed by atoms with Gasteiger partial charge in [-0.25, -0.2) is 4.98 Å². The van der Waals surface area contributed by atoms with Crippen LogP contribution in [0.4, 0.5) is 5.69 Å². The van der Waals surface area contributed by atoms with Gasteiger partial charge in [0.1, 0.15) is 0 Å². The minimum absolute atomic E-state index is 0.625. The quantitative estimate of drug-likeness (QED) is 0.698. The fraction of sp³-hybridized carbons (Fsp3) is 0.143. The summed E-state index contributed by atoms with van der Waals surface area (Å²) in [6.07, 6.45) is 0.625. The van der Waals surface area contributed by atoms with Gasteiger partial charge >= 0.3 is 0 Å². The molecule has 0 amide bonds. The number of anilines is 1. The van der Waals surface area contributed by atoms with Crippen molar-refractivity contribution in [2.75, 3.05) is 5.73 Å². The highest BCUT2D eigenvalue weighted by Gasteiger charge is 2.07. The molecule has 0 bridgehead atoms. The molecule has 0 fully saturated rings. The first-order valence-electron chi connectivity index (χ1n) is 5.78. The highest BCUT2D eigenvalue weighted by atomic mass is 16.3. The molecule has 0 unspecified atom stereocenters. The van der Waals surface area contributed by atoms with E-state index in [-0.39, 0.29) is 0 Å². The van der Waals surface area contributed by atoms with E-state index >= 15 is 0 Å². The fourth-order valence-electron chi connectivity index (χ4n) is 1.91. The molecule has 3 aromatic rings. The number of aromatic nitrogens is 2. The molecule has 0 aliphatic heterocycles. The molecule has 18 heavy (non-hydrogen) atoms. The molecular weight excluding hydrogens is 226 g/mol. The monoisotopic (exact) mass is 239 g/mol. The molecule has 0 aliphatic carbocycles. The summed E-state index contributed by atoms with van der Waals surface area (Å²) in [4.78, 5) is 8.71. The average Bonchev–Trinajstić information content (AvgIpc) is 2.70. The van der Waals surface area contributed by atoms with E-state index in [0.29, 0.717) is 18.0 Å². The molecule has 90 valence electrons. The summed E-state index contributed by atoms with van der Waals surface area (Å²) in [5.41, 5.74) is 9.89. The van der Waals surface area contributed by atoms with Gasteiger partial charge in [-0.2, -0.15) is 4.98 Å². The summed E-state index contributed by atoms with van der Waals surface area (Å²) >= 11 is 0. The van der Waals surface area contributed by atoms with Crippen molar-refractivity contribution in [2.24, 2.45) is 0 Å². The number of nitrogen functional groups attached to an aromatic ring is 1. The van der Waals surface area contributed by atoms with Crippen LogP contribution in [-0.2, 0) is 6.42 Å². The molecule has 0 saturated carbocycles. The number of hydrogen-bond donors (Lipinski definition) is 1. The molecule has 1 aromatic carbocycles. The number of pyridine rings is 1. The van der Waals surface area contributed by atoms with Crippen LogP contribution in [-0.4, -0.2) is 9.97 Å². The second-order valence-electron chi connectivity index (χ2n) is 4.30. The van der Waals surface area contributed by atoms with Crippen molar-refractivity contribution < 1.29 is 4.42 Å². The van der Waals surface area contributed by atoms with Crippen molar-refractivity contribution in [1.29, 1.82) is 0 Å². The van der Waals surface area contributed by atoms with Crippen molar-refractivity contribution in [2.45, 2.75) is 13.3 Å². The van der Waals surface area contributed by atoms with Gasteiger partial charge in [-0.05, 0) is 36.8 Å². The van der Waals surface area contributed by atoms with Crippen LogP contribution in [0, 0.1) is 6.92 Å². The Morgan fingerprint density at radius 2 is 2.06 bits per heavy atom. The van der Waals surface area contributed by atoms with Gasteiger partial charge in [0.15, 0.2) is 11.2 Å². The predicted molar refractivity (Wildman–Crippen MR) is 70.2 cm³/mol. The van der Waals surface area contributed by atoms with Gasteiger partial charge in [0.05, 0.1) is 0 Å². The fourth-order valence-corrected chi connectivity index (χ4v) is 1.91. The van der Waals surface area contributed by atoms with Gasteiger partial charge in [0, 0.05) is 17.8 Å². The molecule has 0 radical (unpaired) electrons. The van der Waals surface area contributed by atoms with E-state index in [4.69, 9.17) is 10.2 Å². The smallest absolute Gasteiger partial charge is 0.201 e. The molecule has 0 saturated heterocycles. The van der Waals surface area contributed by atoms with E-state index in [2.05, 4.69) is 9.97 Å². The number of nitrogens with zero attached hydrogens (tertiary/aromatic N) is 2. The van der Waals surface area contributed by atoms with Crippen LogP contribution in [0.3, 0.4) is 0 Å². The van der Waals surface area contributed by atoms with Gasteiger partial charge in [-0.15, -0.1) is 0 Å². The Balaban J connectivity index is 1.95. The standard InChI is InChI=1S/C14H13N3O/c1-9-5-6-12-14(16-9)17-13(18-12)8-10-3-2-4-11(15)7-10/h2-7H,8,15H2,1H3. The maximum Gasteiger partial charge on any atom is 0.201 e. The summed E-state index contributed by atoms with van der Waals surface area (Å²) < 4.78 is 5.65. The van der Waals surface area contributed by atoms with E-state index in [0.717, 1.165) is 22.5 Å². The van der Waals surface area contributed by atoms with Crippen molar-refractivity contribution in [1.82, 2.24) is 9.97 Å². The third-order valence-corrected chi connectivity index (χ3v) is 2.74. The number of hydrogen-bond acceptors (Lipinski definition) is 4. The normalized spacial score (nSPS) is 10.9. The third kappa shape index (κ3) is 2.05. The maximum atomic E-state index is 5.74. The Labute approximate surface area is 104 Å². The maximum absolute atomic E-state index is 5.74. The minimum Gasteiger partial charge on any atom is -0.439 e. The second kappa shape index (κ2) is 4.14. The first-order chi connectivity index (χ1) is 8.70. The van der Waals surface area contributed by atoms with Crippen LogP contribution in [0.15, 0.2) is 40.8 Å². The number of nitrogens with two attached hydrogens (primary N) is 1. The zero-order chi connectivity index (χ0) is 12.5. The Bertz CT molecular complexity index is 703. The third-order valence-electron chi connectivity index (χ3n) is 2.74. The second-order valence-corrected chi connectivity index (χ2v) is 4.30. The summed E-state index contributed by atoms with van der Waals surface area (Å²) in [6.45, 7) is 1.94. The zero-order valence-electron chi connectivity index (χ0n) is 10.1. The molecule has 4 heteroatoms. The Morgan fingerprint density at radius 3 is 2.89 bits per heavy atom. The highest BCUT2D eigenvalue weighted by Crippen LogP contribution is 2.17. The van der Waals surface area contributed by atoms with Crippen LogP contribution in [0.1, 0.15) is 17.1 Å². The first-order valence-corrected chi connectivity index (χ1v) is 5.78. The van der Waals surface area contributed by atoms with E-state index in [9.17, 15) is 0 Å². The van der Waals surface area contributed by atoms with Gasteiger partial charge in [0.25, 0.3) is 0 Å². The average molecular weight is 239 g/mol. The lowest BCUT2D eigenvalue weighted by Crippen LogP contribution is -1.91. The molecule has 0 atom stereocenters. The van der Waals surface area contributed by atoms with Crippen LogP contribution < -0.4 is 5.73 Å². The highest BCUT2D eigenvalue weighted by molar-refractivity contribution is 5.67. The van der Waals surface area contributed by atoms with E-state index in [1.165, 1.54) is 0 Å². The lowest BCUT2D eigenvalue weighted by molar-refractivity contribution is 0.544. The van der Waals surface area contributed by atoms with Crippen molar-refractivity contribution >= 4 is 16.9 Å². The molecule has 0 spiro atoms. The summed E-state index contributed by atoms with van der Waals surface area (Å²) in [6, 6.07) is 11.5. The van der Waals surface area contributed by atoms with Crippen LogP contribution in [0.25, 0.3) is 11.2 Å². The van der Waals surface area contributed by atoms with Gasteiger partial charge in [-0.1, -0.05) is 12.1 Å².